The van der Waals surface area contributed by atoms with Crippen LogP contribution in [-0.4, -0.2) is 18.3 Å². The zero-order chi connectivity index (χ0) is 12.1. The highest BCUT2D eigenvalue weighted by atomic mass is 19.1. The molecule has 5 nitrogen and oxygen atoms in total. The minimum Gasteiger partial charge on any atom is -0.484 e. The second-order valence-corrected chi connectivity index (χ2v) is 3.05. The third-order valence-corrected chi connectivity index (χ3v) is 1.85. The lowest BCUT2D eigenvalue weighted by atomic mass is 10.1. The Morgan fingerprint density at radius 2 is 2.19 bits per heavy atom. The normalized spacial score (nSPS) is 9.69. The van der Waals surface area contributed by atoms with Gasteiger partial charge in [-0.1, -0.05) is 0 Å². The Morgan fingerprint density at radius 1 is 1.50 bits per heavy atom. The maximum Gasteiger partial charge on any atom is 0.271 e. The van der Waals surface area contributed by atoms with Gasteiger partial charge < -0.3 is 4.74 Å². The monoisotopic (exact) mass is 226 g/mol. The summed E-state index contributed by atoms with van der Waals surface area (Å²) in [6, 6.07) is 3.75. The Balaban J connectivity index is 2.74. The number of carbonyl (C=O) groups is 2. The predicted molar refractivity (Wildman–Crippen MR) is 54.2 cm³/mol. The van der Waals surface area contributed by atoms with Gasteiger partial charge in [-0.25, -0.2) is 10.2 Å². The molecule has 16 heavy (non-hydrogen) atoms. The van der Waals surface area contributed by atoms with Crippen molar-refractivity contribution in [1.29, 1.82) is 0 Å². The number of amides is 1. The zero-order valence-corrected chi connectivity index (χ0v) is 8.62. The van der Waals surface area contributed by atoms with Crippen LogP contribution in [0.4, 0.5) is 4.39 Å². The van der Waals surface area contributed by atoms with Gasteiger partial charge in [0.25, 0.3) is 5.91 Å². The van der Waals surface area contributed by atoms with Crippen molar-refractivity contribution in [2.45, 2.75) is 6.92 Å². The van der Waals surface area contributed by atoms with Crippen LogP contribution in [0.2, 0.25) is 0 Å². The number of hydrogen-bond donors (Lipinski definition) is 2. The fourth-order valence-electron chi connectivity index (χ4n) is 1.06. The first-order chi connectivity index (χ1) is 7.54. The Kier molecular flexibility index (Phi) is 3.96. The lowest BCUT2D eigenvalue weighted by Crippen LogP contribution is -2.34. The van der Waals surface area contributed by atoms with Gasteiger partial charge in [-0.15, -0.1) is 0 Å². The van der Waals surface area contributed by atoms with Gasteiger partial charge in [0, 0.05) is 6.07 Å². The molecule has 0 aromatic heterocycles. The molecule has 86 valence electrons. The standard InChI is InChI=1S/C10H11FN2O3/c1-6(14)8-3-2-7(4-9(8)11)16-5-10(15)13-12/h2-4H,5,12H2,1H3,(H,13,15). The molecule has 0 saturated heterocycles. The van der Waals surface area contributed by atoms with E-state index in [1.54, 1.807) is 0 Å². The number of hydrogen-bond acceptors (Lipinski definition) is 4. The SMILES string of the molecule is CC(=O)c1ccc(OCC(=O)NN)cc1F. The first-order valence-electron chi connectivity index (χ1n) is 4.47. The number of carbonyl (C=O) groups excluding carboxylic acids is 2. The highest BCUT2D eigenvalue weighted by molar-refractivity contribution is 5.94. The van der Waals surface area contributed by atoms with Gasteiger partial charge in [-0.2, -0.15) is 0 Å². The van der Waals surface area contributed by atoms with Gasteiger partial charge in [-0.3, -0.25) is 15.0 Å². The quantitative estimate of drug-likeness (QED) is 0.337. The van der Waals surface area contributed by atoms with E-state index in [0.29, 0.717) is 0 Å². The largest absolute Gasteiger partial charge is 0.484 e. The second-order valence-electron chi connectivity index (χ2n) is 3.05. The Morgan fingerprint density at radius 3 is 2.69 bits per heavy atom. The highest BCUT2D eigenvalue weighted by Crippen LogP contribution is 2.16. The summed E-state index contributed by atoms with van der Waals surface area (Å²) in [6.45, 7) is 0.955. The number of halogens is 1. The number of benzene rings is 1. The summed E-state index contributed by atoms with van der Waals surface area (Å²) >= 11 is 0. The van der Waals surface area contributed by atoms with Crippen LogP contribution in [0.15, 0.2) is 18.2 Å². The van der Waals surface area contributed by atoms with Crippen LogP contribution in [0.1, 0.15) is 17.3 Å². The molecule has 0 saturated carbocycles. The van der Waals surface area contributed by atoms with Crippen LogP contribution in [0.5, 0.6) is 5.75 Å². The van der Waals surface area contributed by atoms with E-state index in [-0.39, 0.29) is 23.7 Å². The number of ether oxygens (including phenoxy) is 1. The van der Waals surface area contributed by atoms with Gasteiger partial charge in [0.15, 0.2) is 12.4 Å². The van der Waals surface area contributed by atoms with E-state index >= 15 is 0 Å². The van der Waals surface area contributed by atoms with Crippen molar-refractivity contribution in [2.24, 2.45) is 5.84 Å². The van der Waals surface area contributed by atoms with E-state index in [2.05, 4.69) is 0 Å². The molecule has 0 radical (unpaired) electrons. The molecule has 1 aromatic carbocycles. The molecular weight excluding hydrogens is 215 g/mol. The van der Waals surface area contributed by atoms with Crippen LogP contribution >= 0.6 is 0 Å². The lowest BCUT2D eigenvalue weighted by Gasteiger charge is -2.06. The van der Waals surface area contributed by atoms with Crippen molar-refractivity contribution in [1.82, 2.24) is 5.43 Å². The molecule has 0 aliphatic heterocycles. The average Bonchev–Trinajstić information content (AvgIpc) is 2.25. The first-order valence-corrected chi connectivity index (χ1v) is 4.47. The van der Waals surface area contributed by atoms with Crippen molar-refractivity contribution in [3.63, 3.8) is 0 Å². The molecule has 0 fully saturated rings. The van der Waals surface area contributed by atoms with Crippen LogP contribution < -0.4 is 16.0 Å². The number of nitrogens with one attached hydrogen (secondary N) is 1. The molecular formula is C10H11FN2O3. The Bertz CT molecular complexity index is 421. The summed E-state index contributed by atoms with van der Waals surface area (Å²) < 4.78 is 18.2. The molecule has 0 spiro atoms. The first kappa shape index (κ1) is 12.1. The summed E-state index contributed by atoms with van der Waals surface area (Å²) in [4.78, 5) is 21.7. The van der Waals surface area contributed by atoms with Gasteiger partial charge in [0.1, 0.15) is 11.6 Å². The van der Waals surface area contributed by atoms with E-state index in [1.165, 1.54) is 19.1 Å². The molecule has 0 aliphatic carbocycles. The van der Waals surface area contributed by atoms with E-state index in [9.17, 15) is 14.0 Å². The van der Waals surface area contributed by atoms with Gasteiger partial charge >= 0.3 is 0 Å². The smallest absolute Gasteiger partial charge is 0.271 e. The van der Waals surface area contributed by atoms with E-state index in [4.69, 9.17) is 10.6 Å². The van der Waals surface area contributed by atoms with Crippen LogP contribution in [0.25, 0.3) is 0 Å². The summed E-state index contributed by atoms with van der Waals surface area (Å²) in [5, 5.41) is 0. The maximum atomic E-state index is 13.3. The lowest BCUT2D eigenvalue weighted by molar-refractivity contribution is -0.123. The molecule has 6 heteroatoms. The average molecular weight is 226 g/mol. The third kappa shape index (κ3) is 3.03. The van der Waals surface area contributed by atoms with E-state index in [1.807, 2.05) is 5.43 Å². The van der Waals surface area contributed by atoms with Gasteiger partial charge in [0.2, 0.25) is 0 Å². The fourth-order valence-corrected chi connectivity index (χ4v) is 1.06. The minimum atomic E-state index is -0.682. The number of hydrazine groups is 1. The minimum absolute atomic E-state index is 0.0179. The molecule has 1 aromatic rings. The van der Waals surface area contributed by atoms with Crippen LogP contribution in [-0.2, 0) is 4.79 Å². The third-order valence-electron chi connectivity index (χ3n) is 1.85. The molecule has 1 rings (SSSR count). The van der Waals surface area contributed by atoms with Crippen molar-refractivity contribution in [3.05, 3.63) is 29.6 Å². The number of Topliss-reactive ketones (excluding diaryl/α,β-unsaturated/α-hetero) is 1. The Labute approximate surface area is 91.4 Å². The zero-order valence-electron chi connectivity index (χ0n) is 8.62. The molecule has 3 N–H and O–H groups in total. The van der Waals surface area contributed by atoms with Crippen LogP contribution in [0, 0.1) is 5.82 Å². The maximum absolute atomic E-state index is 13.3. The second kappa shape index (κ2) is 5.22. The molecule has 0 unspecified atom stereocenters. The van der Waals surface area contributed by atoms with E-state index in [0.717, 1.165) is 6.07 Å². The van der Waals surface area contributed by atoms with Crippen molar-refractivity contribution in [2.75, 3.05) is 6.61 Å². The number of rotatable bonds is 4. The van der Waals surface area contributed by atoms with Crippen molar-refractivity contribution < 1.29 is 18.7 Å². The van der Waals surface area contributed by atoms with Gasteiger partial charge in [0.05, 0.1) is 5.56 Å². The van der Waals surface area contributed by atoms with E-state index < -0.39 is 11.7 Å². The molecule has 0 heterocycles. The molecule has 1 amide bonds. The topological polar surface area (TPSA) is 81.4 Å². The van der Waals surface area contributed by atoms with Crippen molar-refractivity contribution >= 4 is 11.7 Å². The molecule has 0 aliphatic rings. The van der Waals surface area contributed by atoms with Crippen LogP contribution in [0.3, 0.4) is 0 Å². The van der Waals surface area contributed by atoms with Gasteiger partial charge in [-0.05, 0) is 19.1 Å². The summed E-state index contributed by atoms with van der Waals surface area (Å²) in [5.74, 6) is 3.40. The fraction of sp³-hybridized carbons (Fsp3) is 0.200. The summed E-state index contributed by atoms with van der Waals surface area (Å²) in [5.41, 5.74) is 1.85. The Hall–Kier alpha value is -1.95. The number of nitrogens with two attached hydrogens (primary N) is 1. The highest BCUT2D eigenvalue weighted by Gasteiger charge is 2.08. The predicted octanol–water partition coefficient (Wildman–Crippen LogP) is 0.397. The molecule has 0 atom stereocenters. The number of ketones is 1. The van der Waals surface area contributed by atoms with Crippen molar-refractivity contribution in [3.8, 4) is 5.75 Å². The summed E-state index contributed by atoms with van der Waals surface area (Å²) in [6.07, 6.45) is 0. The molecule has 0 bridgehead atoms. The summed E-state index contributed by atoms with van der Waals surface area (Å²) in [7, 11) is 0.